The molecule has 0 spiro atoms. The summed E-state index contributed by atoms with van der Waals surface area (Å²) < 4.78 is 32.2. The van der Waals surface area contributed by atoms with Crippen molar-refractivity contribution >= 4 is 72.2 Å². The Morgan fingerprint density at radius 1 is 1.06 bits per heavy atom. The van der Waals surface area contributed by atoms with Gasteiger partial charge in [-0.2, -0.15) is 4.31 Å². The molecule has 0 bridgehead atoms. The van der Waals surface area contributed by atoms with Gasteiger partial charge in [0, 0.05) is 33.9 Å². The number of amides is 1. The van der Waals surface area contributed by atoms with Gasteiger partial charge in [0.15, 0.2) is 6.61 Å². The number of sulfonamides is 1. The molecule has 3 rings (SSSR count). The molecule has 2 aromatic carbocycles. The minimum atomic E-state index is -3.58. The lowest BCUT2D eigenvalue weighted by Crippen LogP contribution is -2.30. The average molecular weight is 515 g/mol. The number of hydrogen-bond donors (Lipinski definition) is 1. The maximum absolute atomic E-state index is 12.5. The third-order valence-corrected chi connectivity index (χ3v) is 8.53. The van der Waals surface area contributed by atoms with E-state index in [1.165, 1.54) is 28.6 Å². The second-order valence-corrected chi connectivity index (χ2v) is 10.4. The number of halogens is 2. The van der Waals surface area contributed by atoms with Crippen LogP contribution in [0.3, 0.4) is 0 Å². The van der Waals surface area contributed by atoms with Crippen LogP contribution in [0.4, 0.5) is 5.69 Å². The van der Waals surface area contributed by atoms with Crippen molar-refractivity contribution in [3.8, 4) is 0 Å². The number of ether oxygens (including phenoxy) is 1. The van der Waals surface area contributed by atoms with E-state index in [4.69, 9.17) is 27.9 Å². The summed E-state index contributed by atoms with van der Waals surface area (Å²) in [5, 5.41) is 4.01. The van der Waals surface area contributed by atoms with E-state index in [0.717, 1.165) is 16.0 Å². The molecule has 7 nitrogen and oxygen atoms in total. The Labute approximate surface area is 199 Å². The van der Waals surface area contributed by atoms with Crippen LogP contribution in [0.15, 0.2) is 47.4 Å². The van der Waals surface area contributed by atoms with Crippen LogP contribution in [0.2, 0.25) is 10.0 Å². The lowest BCUT2D eigenvalue weighted by molar-refractivity contribution is -0.119. The number of rotatable bonds is 8. The van der Waals surface area contributed by atoms with Crippen molar-refractivity contribution < 1.29 is 22.7 Å². The van der Waals surface area contributed by atoms with Gasteiger partial charge in [-0.15, -0.1) is 11.3 Å². The third-order valence-electron chi connectivity index (χ3n) is 4.59. The molecule has 0 saturated heterocycles. The number of anilines is 1. The van der Waals surface area contributed by atoms with Crippen molar-refractivity contribution in [2.24, 2.45) is 0 Å². The topological polar surface area (TPSA) is 92.8 Å². The fourth-order valence-electron chi connectivity index (χ4n) is 2.99. The average Bonchev–Trinajstić information content (AvgIpc) is 3.08. The van der Waals surface area contributed by atoms with E-state index in [0.29, 0.717) is 29.2 Å². The molecule has 0 unspecified atom stereocenters. The summed E-state index contributed by atoms with van der Waals surface area (Å²) in [5.41, 5.74) is 0.374. The molecule has 1 N–H and O–H groups in total. The minimum Gasteiger partial charge on any atom is -0.451 e. The first kappa shape index (κ1) is 24.5. The highest BCUT2D eigenvalue weighted by Gasteiger charge is 2.22. The van der Waals surface area contributed by atoms with E-state index < -0.39 is 28.5 Å². The molecule has 0 aliphatic rings. The Hall–Kier alpha value is -2.17. The summed E-state index contributed by atoms with van der Waals surface area (Å²) in [5.74, 6) is -1.29. The van der Waals surface area contributed by atoms with Crippen LogP contribution in [0.25, 0.3) is 10.1 Å². The predicted octanol–water partition coefficient (Wildman–Crippen LogP) is 5.03. The highest BCUT2D eigenvalue weighted by Crippen LogP contribution is 2.37. The van der Waals surface area contributed by atoms with Gasteiger partial charge in [-0.25, -0.2) is 13.2 Å². The van der Waals surface area contributed by atoms with E-state index in [-0.39, 0.29) is 14.8 Å². The quantitative estimate of drug-likeness (QED) is 0.425. The van der Waals surface area contributed by atoms with Crippen molar-refractivity contribution in [3.63, 3.8) is 0 Å². The van der Waals surface area contributed by atoms with Gasteiger partial charge >= 0.3 is 5.97 Å². The second kappa shape index (κ2) is 10.2. The lowest BCUT2D eigenvalue weighted by Gasteiger charge is -2.18. The first-order valence-corrected chi connectivity index (χ1v) is 12.6. The van der Waals surface area contributed by atoms with Gasteiger partial charge in [0.2, 0.25) is 10.0 Å². The van der Waals surface area contributed by atoms with E-state index in [1.807, 2.05) is 0 Å². The maximum atomic E-state index is 12.5. The number of thiophene rings is 1. The van der Waals surface area contributed by atoms with Gasteiger partial charge in [0.05, 0.1) is 9.92 Å². The molecule has 0 aliphatic heterocycles. The van der Waals surface area contributed by atoms with Crippen LogP contribution in [-0.4, -0.2) is 44.3 Å². The first-order chi connectivity index (χ1) is 15.2. The van der Waals surface area contributed by atoms with E-state index >= 15 is 0 Å². The number of esters is 1. The molecular formula is C21H20Cl2N2O5S2. The molecule has 0 aliphatic carbocycles. The van der Waals surface area contributed by atoms with E-state index in [1.54, 1.807) is 32.0 Å². The normalized spacial score (nSPS) is 11.7. The number of nitrogens with one attached hydrogen (secondary N) is 1. The number of fused-ring (bicyclic) bond motifs is 1. The summed E-state index contributed by atoms with van der Waals surface area (Å²) in [6.07, 6.45) is 0. The third kappa shape index (κ3) is 5.24. The Kier molecular flexibility index (Phi) is 7.79. The molecule has 0 saturated carbocycles. The molecule has 0 radical (unpaired) electrons. The van der Waals surface area contributed by atoms with Crippen LogP contribution >= 0.6 is 34.5 Å². The molecule has 1 aromatic heterocycles. The zero-order valence-corrected chi connectivity index (χ0v) is 20.4. The first-order valence-electron chi connectivity index (χ1n) is 9.62. The zero-order valence-electron chi connectivity index (χ0n) is 17.2. The molecule has 11 heteroatoms. The maximum Gasteiger partial charge on any atom is 0.350 e. The molecule has 0 fully saturated rings. The largest absolute Gasteiger partial charge is 0.451 e. The van der Waals surface area contributed by atoms with Crippen molar-refractivity contribution in [2.45, 2.75) is 18.7 Å². The van der Waals surface area contributed by atoms with Gasteiger partial charge in [0.1, 0.15) is 4.88 Å². The Bertz CT molecular complexity index is 1250. The minimum absolute atomic E-state index is 0.130. The number of benzene rings is 2. The molecule has 0 atom stereocenters. The standard InChI is InChI=1S/C21H20Cl2N2O5S2/c1-3-25(4-2)32(28,29)15-8-6-14(7-9-15)24-18(26)12-30-21(27)20-19(23)16-10-5-13(22)11-17(16)31-20/h5-11H,3-4,12H2,1-2H3,(H,24,26). The van der Waals surface area contributed by atoms with Crippen molar-refractivity contribution in [3.05, 3.63) is 57.4 Å². The molecule has 170 valence electrons. The van der Waals surface area contributed by atoms with E-state index in [9.17, 15) is 18.0 Å². The van der Waals surface area contributed by atoms with E-state index in [2.05, 4.69) is 5.32 Å². The number of carbonyl (C=O) groups is 2. The Morgan fingerprint density at radius 3 is 2.34 bits per heavy atom. The lowest BCUT2D eigenvalue weighted by atomic mass is 10.2. The van der Waals surface area contributed by atoms with Crippen LogP contribution in [0.5, 0.6) is 0 Å². The highest BCUT2D eigenvalue weighted by molar-refractivity contribution is 7.89. The van der Waals surface area contributed by atoms with Crippen LogP contribution in [0, 0.1) is 0 Å². The fraction of sp³-hybridized carbons (Fsp3) is 0.238. The Morgan fingerprint density at radius 2 is 1.72 bits per heavy atom. The van der Waals surface area contributed by atoms with Crippen molar-refractivity contribution in [1.29, 1.82) is 0 Å². The smallest absolute Gasteiger partial charge is 0.350 e. The SMILES string of the molecule is CCN(CC)S(=O)(=O)c1ccc(NC(=O)COC(=O)c2sc3cc(Cl)ccc3c2Cl)cc1. The molecule has 1 amide bonds. The summed E-state index contributed by atoms with van der Waals surface area (Å²) in [6.45, 7) is 3.72. The summed E-state index contributed by atoms with van der Waals surface area (Å²) in [6, 6.07) is 10.9. The summed E-state index contributed by atoms with van der Waals surface area (Å²) in [7, 11) is -3.58. The van der Waals surface area contributed by atoms with Gasteiger partial charge in [-0.3, -0.25) is 4.79 Å². The van der Waals surface area contributed by atoms with Crippen molar-refractivity contribution in [2.75, 3.05) is 25.0 Å². The summed E-state index contributed by atoms with van der Waals surface area (Å²) in [4.78, 5) is 24.9. The molecule has 32 heavy (non-hydrogen) atoms. The molecule has 3 aromatic rings. The van der Waals surface area contributed by atoms with Gasteiger partial charge < -0.3 is 10.1 Å². The number of nitrogens with zero attached hydrogens (tertiary/aromatic N) is 1. The number of carbonyl (C=O) groups excluding carboxylic acids is 2. The Balaban J connectivity index is 1.62. The summed E-state index contributed by atoms with van der Waals surface area (Å²) >= 11 is 13.3. The van der Waals surface area contributed by atoms with Gasteiger partial charge in [-0.05, 0) is 36.4 Å². The van der Waals surface area contributed by atoms with Crippen LogP contribution < -0.4 is 5.32 Å². The molecule has 1 heterocycles. The van der Waals surface area contributed by atoms with Gasteiger partial charge in [-0.1, -0.05) is 43.1 Å². The van der Waals surface area contributed by atoms with Crippen LogP contribution in [-0.2, 0) is 19.6 Å². The monoisotopic (exact) mass is 514 g/mol. The van der Waals surface area contributed by atoms with Crippen LogP contribution in [0.1, 0.15) is 23.5 Å². The number of hydrogen-bond acceptors (Lipinski definition) is 6. The van der Waals surface area contributed by atoms with Crippen molar-refractivity contribution in [1.82, 2.24) is 4.31 Å². The second-order valence-electron chi connectivity index (χ2n) is 6.62. The highest BCUT2D eigenvalue weighted by atomic mass is 35.5. The predicted molar refractivity (Wildman–Crippen MR) is 127 cm³/mol. The molecular weight excluding hydrogens is 495 g/mol. The fourth-order valence-corrected chi connectivity index (χ4v) is 6.12. The zero-order chi connectivity index (χ0) is 23.5. The van der Waals surface area contributed by atoms with Gasteiger partial charge in [0.25, 0.3) is 5.91 Å².